The van der Waals surface area contributed by atoms with Crippen molar-refractivity contribution in [2.75, 3.05) is 0 Å². The van der Waals surface area contributed by atoms with Gasteiger partial charge in [0.2, 0.25) is 5.91 Å². The summed E-state index contributed by atoms with van der Waals surface area (Å²) in [5.74, 6) is -0.291. The van der Waals surface area contributed by atoms with E-state index >= 15 is 0 Å². The first-order chi connectivity index (χ1) is 9.41. The zero-order chi connectivity index (χ0) is 15.3. The van der Waals surface area contributed by atoms with Crippen LogP contribution in [0.1, 0.15) is 50.4 Å². The van der Waals surface area contributed by atoms with Gasteiger partial charge < -0.3 is 16.3 Å². The minimum atomic E-state index is -0.977. The summed E-state index contributed by atoms with van der Waals surface area (Å²) >= 11 is 1.50. The van der Waals surface area contributed by atoms with Crippen LogP contribution in [0.3, 0.4) is 0 Å². The maximum Gasteiger partial charge on any atom is 0.234 e. The number of oxime groups is 1. The summed E-state index contributed by atoms with van der Waals surface area (Å²) in [7, 11) is 0. The highest BCUT2D eigenvalue weighted by atomic mass is 32.1. The second-order valence-corrected chi connectivity index (χ2v) is 5.69. The summed E-state index contributed by atoms with van der Waals surface area (Å²) < 4.78 is 0. The van der Waals surface area contributed by atoms with Crippen LogP contribution in [0.25, 0.3) is 0 Å². The molecule has 0 saturated carbocycles. The third-order valence-corrected chi connectivity index (χ3v) is 4.74. The lowest BCUT2D eigenvalue weighted by Gasteiger charge is -2.29. The number of carbonyl (C=O) groups is 1. The van der Waals surface area contributed by atoms with Crippen molar-refractivity contribution in [1.29, 1.82) is 0 Å². The minimum Gasteiger partial charge on any atom is -0.409 e. The fraction of sp³-hybridized carbons (Fsp3) is 0.615. The summed E-state index contributed by atoms with van der Waals surface area (Å²) in [6.07, 6.45) is 0.934. The molecule has 0 aliphatic heterocycles. The smallest absolute Gasteiger partial charge is 0.234 e. The Bertz CT molecular complexity index is 494. The molecule has 1 amide bonds. The molecule has 0 fully saturated rings. The van der Waals surface area contributed by atoms with Crippen molar-refractivity contribution < 1.29 is 10.0 Å². The predicted octanol–water partition coefficient (Wildman–Crippen LogP) is 2.18. The molecule has 1 aromatic heterocycles. The van der Waals surface area contributed by atoms with Crippen LogP contribution in [0.4, 0.5) is 0 Å². The molecule has 112 valence electrons. The Morgan fingerprint density at radius 3 is 2.60 bits per heavy atom. The Morgan fingerprint density at radius 1 is 1.60 bits per heavy atom. The molecule has 7 heteroatoms. The van der Waals surface area contributed by atoms with Crippen LogP contribution in [-0.2, 0) is 4.79 Å². The van der Waals surface area contributed by atoms with Crippen LogP contribution in [0.5, 0.6) is 0 Å². The maximum absolute atomic E-state index is 12.5. The van der Waals surface area contributed by atoms with Gasteiger partial charge in [0.25, 0.3) is 0 Å². The Balaban J connectivity index is 2.92. The highest BCUT2D eigenvalue weighted by Crippen LogP contribution is 2.28. The minimum absolute atomic E-state index is 0.0532. The largest absolute Gasteiger partial charge is 0.409 e. The van der Waals surface area contributed by atoms with E-state index in [2.05, 4.69) is 15.5 Å². The van der Waals surface area contributed by atoms with E-state index in [1.807, 2.05) is 33.1 Å². The van der Waals surface area contributed by atoms with Crippen molar-refractivity contribution in [3.8, 4) is 0 Å². The summed E-state index contributed by atoms with van der Waals surface area (Å²) in [6.45, 7) is 7.48. The molecule has 1 rings (SSSR count). The average molecular weight is 298 g/mol. The van der Waals surface area contributed by atoms with Crippen molar-refractivity contribution in [3.05, 3.63) is 16.1 Å². The Labute approximate surface area is 123 Å². The van der Waals surface area contributed by atoms with Crippen LogP contribution in [0, 0.1) is 12.3 Å². The molecule has 4 N–H and O–H groups in total. The van der Waals surface area contributed by atoms with Gasteiger partial charge in [0.05, 0.1) is 6.04 Å². The molecule has 1 unspecified atom stereocenters. The summed E-state index contributed by atoms with van der Waals surface area (Å²) in [5, 5.41) is 17.6. The molecule has 0 saturated heterocycles. The second-order valence-electron chi connectivity index (χ2n) is 4.80. The number of amides is 1. The van der Waals surface area contributed by atoms with Gasteiger partial charge >= 0.3 is 0 Å². The van der Waals surface area contributed by atoms with Gasteiger partial charge in [0.1, 0.15) is 10.4 Å². The summed E-state index contributed by atoms with van der Waals surface area (Å²) in [4.78, 5) is 16.9. The lowest BCUT2D eigenvalue weighted by atomic mass is 9.80. The zero-order valence-corrected chi connectivity index (χ0v) is 13.1. The molecule has 6 nitrogen and oxygen atoms in total. The number of nitrogens with zero attached hydrogens (tertiary/aromatic N) is 2. The standard InChI is InChI=1S/C13H22N4O2S/c1-5-13(6-2,11(14)17-19)12(18)16-9(4)10-15-8(3)7-20-10/h7,9,19H,5-6H2,1-4H3,(H2,14,17)(H,16,18). The molecule has 0 aliphatic carbocycles. The van der Waals surface area contributed by atoms with Crippen LogP contribution in [0.2, 0.25) is 0 Å². The number of nitrogens with one attached hydrogen (secondary N) is 1. The van der Waals surface area contributed by atoms with E-state index in [1.165, 1.54) is 11.3 Å². The first-order valence-corrected chi connectivity index (χ1v) is 7.50. The van der Waals surface area contributed by atoms with Crippen molar-refractivity contribution in [2.24, 2.45) is 16.3 Å². The number of carbonyl (C=O) groups excluding carboxylic acids is 1. The molecule has 0 bridgehead atoms. The monoisotopic (exact) mass is 298 g/mol. The Hall–Kier alpha value is -1.63. The highest BCUT2D eigenvalue weighted by molar-refractivity contribution is 7.09. The van der Waals surface area contributed by atoms with Crippen molar-refractivity contribution in [1.82, 2.24) is 10.3 Å². The van der Waals surface area contributed by atoms with Gasteiger partial charge in [0, 0.05) is 11.1 Å². The fourth-order valence-electron chi connectivity index (χ4n) is 2.11. The van der Waals surface area contributed by atoms with Crippen LogP contribution < -0.4 is 11.1 Å². The highest BCUT2D eigenvalue weighted by Gasteiger charge is 2.40. The van der Waals surface area contributed by atoms with Gasteiger partial charge in [-0.25, -0.2) is 4.98 Å². The van der Waals surface area contributed by atoms with Crippen LogP contribution >= 0.6 is 11.3 Å². The van der Waals surface area contributed by atoms with E-state index in [-0.39, 0.29) is 17.8 Å². The van der Waals surface area contributed by atoms with Gasteiger partial charge in [-0.3, -0.25) is 4.79 Å². The second kappa shape index (κ2) is 6.69. The number of aromatic nitrogens is 1. The average Bonchev–Trinajstić information content (AvgIpc) is 2.87. The third kappa shape index (κ3) is 3.09. The summed E-state index contributed by atoms with van der Waals surface area (Å²) in [6, 6.07) is -0.204. The van der Waals surface area contributed by atoms with E-state index in [0.29, 0.717) is 12.8 Å². The molecule has 1 heterocycles. The fourth-order valence-corrected chi connectivity index (χ4v) is 2.92. The lowest BCUT2D eigenvalue weighted by Crippen LogP contribution is -2.49. The summed E-state index contributed by atoms with van der Waals surface area (Å²) in [5.41, 5.74) is 5.67. The van der Waals surface area contributed by atoms with Gasteiger partial charge in [-0.15, -0.1) is 11.3 Å². The van der Waals surface area contributed by atoms with E-state index in [1.54, 1.807) is 0 Å². The van der Waals surface area contributed by atoms with Gasteiger partial charge in [-0.2, -0.15) is 0 Å². The Kier molecular flexibility index (Phi) is 5.50. The van der Waals surface area contributed by atoms with Gasteiger partial charge in [-0.1, -0.05) is 19.0 Å². The van der Waals surface area contributed by atoms with Gasteiger partial charge in [-0.05, 0) is 26.7 Å². The van der Waals surface area contributed by atoms with Crippen molar-refractivity contribution in [2.45, 2.75) is 46.6 Å². The lowest BCUT2D eigenvalue weighted by molar-refractivity contribution is -0.128. The number of amidine groups is 1. The topological polar surface area (TPSA) is 101 Å². The molecule has 0 spiro atoms. The molecule has 1 aromatic rings. The number of thiazole rings is 1. The van der Waals surface area contributed by atoms with Crippen LogP contribution in [-0.4, -0.2) is 21.9 Å². The molecule has 20 heavy (non-hydrogen) atoms. The van der Waals surface area contributed by atoms with Crippen molar-refractivity contribution in [3.63, 3.8) is 0 Å². The molecule has 0 radical (unpaired) electrons. The first kappa shape index (κ1) is 16.4. The van der Waals surface area contributed by atoms with Gasteiger partial charge in [0.15, 0.2) is 5.84 Å². The molecular weight excluding hydrogens is 276 g/mol. The third-order valence-electron chi connectivity index (χ3n) is 3.59. The molecule has 1 atom stereocenters. The Morgan fingerprint density at radius 2 is 2.20 bits per heavy atom. The molecular formula is C13H22N4O2S. The van der Waals surface area contributed by atoms with E-state index in [0.717, 1.165) is 10.7 Å². The van der Waals surface area contributed by atoms with Crippen molar-refractivity contribution >= 4 is 23.1 Å². The number of nitrogens with two attached hydrogens (primary N) is 1. The number of hydrogen-bond acceptors (Lipinski definition) is 5. The normalized spacial score (nSPS) is 14.1. The molecule has 0 aliphatic rings. The van der Waals surface area contributed by atoms with E-state index in [9.17, 15) is 4.79 Å². The SMILES string of the molecule is CCC(CC)(C(=O)NC(C)c1nc(C)cs1)C(N)=NO. The number of aryl methyl sites for hydroxylation is 1. The first-order valence-electron chi connectivity index (χ1n) is 6.62. The van der Waals surface area contributed by atoms with E-state index < -0.39 is 5.41 Å². The maximum atomic E-state index is 12.5. The number of rotatable bonds is 6. The molecule has 0 aromatic carbocycles. The van der Waals surface area contributed by atoms with Crippen LogP contribution in [0.15, 0.2) is 10.5 Å². The zero-order valence-electron chi connectivity index (χ0n) is 12.3. The predicted molar refractivity (Wildman–Crippen MR) is 79.8 cm³/mol. The van der Waals surface area contributed by atoms with E-state index in [4.69, 9.17) is 10.9 Å². The quantitative estimate of drug-likeness (QED) is 0.324. The number of hydrogen-bond donors (Lipinski definition) is 3.